The predicted octanol–water partition coefficient (Wildman–Crippen LogP) is 3.90. The highest BCUT2D eigenvalue weighted by Crippen LogP contribution is 2.43. The first-order valence-electron chi connectivity index (χ1n) is 10.3. The van der Waals surface area contributed by atoms with Gasteiger partial charge in [-0.15, -0.1) is 0 Å². The number of hydrogen-bond acceptors (Lipinski definition) is 6. The van der Waals surface area contributed by atoms with Crippen molar-refractivity contribution in [1.29, 1.82) is 0 Å². The molecule has 0 radical (unpaired) electrons. The molecule has 0 amide bonds. The number of rotatable bonds is 6. The van der Waals surface area contributed by atoms with Gasteiger partial charge in [-0.05, 0) is 41.8 Å². The zero-order chi connectivity index (χ0) is 20.9. The molecule has 1 saturated heterocycles. The topological polar surface area (TPSA) is 42.0 Å². The zero-order valence-corrected chi connectivity index (χ0v) is 18.8. The molecule has 30 heavy (non-hydrogen) atoms. The molecule has 0 N–H and O–H groups in total. The fourth-order valence-electron chi connectivity index (χ4n) is 4.17. The number of nitrogens with zero attached hydrogens (tertiary/aromatic N) is 2. The van der Waals surface area contributed by atoms with Gasteiger partial charge in [0.25, 0.3) is 0 Å². The van der Waals surface area contributed by atoms with E-state index in [1.807, 2.05) is 17.8 Å². The number of esters is 1. The molecule has 2 aromatic carbocycles. The number of hydrogen-bond donors (Lipinski definition) is 0. The SMILES string of the molecule is COCC(=O)OCCN1CCN([C@@H]2Cc3cc(Cl)ccc3Sc3ccccc32)CC1. The van der Waals surface area contributed by atoms with E-state index in [1.165, 1.54) is 28.0 Å². The van der Waals surface area contributed by atoms with Gasteiger partial charge in [0.05, 0.1) is 0 Å². The Bertz CT molecular complexity index is 887. The number of methoxy groups -OCH3 is 1. The molecule has 5 nitrogen and oxygen atoms in total. The van der Waals surface area contributed by atoms with Gasteiger partial charge in [0, 0.05) is 60.7 Å². The van der Waals surface area contributed by atoms with Crippen LogP contribution in [0.25, 0.3) is 0 Å². The van der Waals surface area contributed by atoms with Crippen LogP contribution in [0.2, 0.25) is 5.02 Å². The maximum atomic E-state index is 11.4. The van der Waals surface area contributed by atoms with Crippen molar-refractivity contribution in [3.05, 3.63) is 58.6 Å². The summed E-state index contributed by atoms with van der Waals surface area (Å²) in [5.74, 6) is -0.305. The first kappa shape index (κ1) is 21.7. The van der Waals surface area contributed by atoms with Gasteiger partial charge in [0.15, 0.2) is 0 Å². The van der Waals surface area contributed by atoms with Gasteiger partial charge in [-0.25, -0.2) is 4.79 Å². The maximum absolute atomic E-state index is 11.4. The molecule has 2 aliphatic rings. The molecule has 160 valence electrons. The van der Waals surface area contributed by atoms with Gasteiger partial charge in [-0.3, -0.25) is 9.80 Å². The lowest BCUT2D eigenvalue weighted by Crippen LogP contribution is -2.48. The summed E-state index contributed by atoms with van der Waals surface area (Å²) in [5, 5.41) is 0.798. The van der Waals surface area contributed by atoms with Gasteiger partial charge in [0.1, 0.15) is 13.2 Å². The molecule has 2 heterocycles. The molecule has 2 aliphatic heterocycles. The van der Waals surface area contributed by atoms with E-state index in [-0.39, 0.29) is 12.6 Å². The second kappa shape index (κ2) is 10.2. The summed E-state index contributed by atoms with van der Waals surface area (Å²) < 4.78 is 10.0. The first-order chi connectivity index (χ1) is 14.6. The summed E-state index contributed by atoms with van der Waals surface area (Å²) in [7, 11) is 1.50. The Balaban J connectivity index is 1.42. The predicted molar refractivity (Wildman–Crippen MR) is 119 cm³/mol. The lowest BCUT2D eigenvalue weighted by atomic mass is 9.96. The van der Waals surface area contributed by atoms with Crippen molar-refractivity contribution in [2.45, 2.75) is 22.3 Å². The highest BCUT2D eigenvalue weighted by atomic mass is 35.5. The molecule has 0 aromatic heterocycles. The molecule has 7 heteroatoms. The summed E-state index contributed by atoms with van der Waals surface area (Å²) in [6.45, 7) is 5.11. The van der Waals surface area contributed by atoms with Crippen molar-refractivity contribution < 1.29 is 14.3 Å². The monoisotopic (exact) mass is 446 g/mol. The Labute approximate surface area is 187 Å². The largest absolute Gasteiger partial charge is 0.463 e. The van der Waals surface area contributed by atoms with Crippen LogP contribution in [0, 0.1) is 0 Å². The highest BCUT2D eigenvalue weighted by molar-refractivity contribution is 7.99. The van der Waals surface area contributed by atoms with Crippen LogP contribution in [0.5, 0.6) is 0 Å². The van der Waals surface area contributed by atoms with E-state index in [4.69, 9.17) is 21.1 Å². The summed E-state index contributed by atoms with van der Waals surface area (Å²) in [4.78, 5) is 19.0. The minimum atomic E-state index is -0.305. The van der Waals surface area contributed by atoms with Gasteiger partial charge in [0.2, 0.25) is 0 Å². The number of fused-ring (bicyclic) bond motifs is 2. The number of ether oxygens (including phenoxy) is 2. The van der Waals surface area contributed by atoms with Crippen molar-refractivity contribution in [1.82, 2.24) is 9.80 Å². The van der Waals surface area contributed by atoms with Gasteiger partial charge < -0.3 is 9.47 Å². The van der Waals surface area contributed by atoms with Crippen LogP contribution < -0.4 is 0 Å². The fourth-order valence-corrected chi connectivity index (χ4v) is 5.47. The average Bonchev–Trinajstić information content (AvgIpc) is 2.91. The lowest BCUT2D eigenvalue weighted by molar-refractivity contribution is -0.148. The number of halogens is 1. The van der Waals surface area contributed by atoms with Crippen molar-refractivity contribution in [3.63, 3.8) is 0 Å². The second-order valence-electron chi connectivity index (χ2n) is 7.64. The summed E-state index contributed by atoms with van der Waals surface area (Å²) in [6.07, 6.45) is 0.967. The number of carbonyl (C=O) groups is 1. The molecule has 0 saturated carbocycles. The van der Waals surface area contributed by atoms with Crippen LogP contribution in [0.3, 0.4) is 0 Å². The van der Waals surface area contributed by atoms with Crippen LogP contribution in [-0.4, -0.2) is 68.8 Å². The molecular formula is C23H27ClN2O3S. The van der Waals surface area contributed by atoms with Crippen LogP contribution in [0.15, 0.2) is 52.3 Å². The Hall–Kier alpha value is -1.57. The Morgan fingerprint density at radius 3 is 2.73 bits per heavy atom. The molecular weight excluding hydrogens is 420 g/mol. The summed E-state index contributed by atoms with van der Waals surface area (Å²) >= 11 is 8.15. The number of piperazine rings is 1. The minimum Gasteiger partial charge on any atom is -0.463 e. The quantitative estimate of drug-likeness (QED) is 0.627. The molecule has 0 spiro atoms. The summed E-state index contributed by atoms with van der Waals surface area (Å²) in [6, 6.07) is 15.3. The van der Waals surface area contributed by atoms with E-state index in [0.29, 0.717) is 12.6 Å². The fraction of sp³-hybridized carbons (Fsp3) is 0.435. The first-order valence-corrected chi connectivity index (χ1v) is 11.5. The Morgan fingerprint density at radius 1 is 1.13 bits per heavy atom. The van der Waals surface area contributed by atoms with Crippen molar-refractivity contribution in [2.75, 3.05) is 53.0 Å². The molecule has 0 unspecified atom stereocenters. The van der Waals surface area contributed by atoms with Crippen LogP contribution in [0.4, 0.5) is 0 Å². The van der Waals surface area contributed by atoms with Gasteiger partial charge >= 0.3 is 5.97 Å². The standard InChI is InChI=1S/C23H27ClN2O3S/c1-28-16-23(27)29-13-12-25-8-10-26(11-9-25)20-15-17-14-18(24)6-7-21(17)30-22-5-3-2-4-19(20)22/h2-7,14,20H,8-13,15-16H2,1H3/t20-/m1/s1. The third-order valence-corrected chi connectivity index (χ3v) is 7.16. The highest BCUT2D eigenvalue weighted by Gasteiger charge is 2.29. The molecule has 4 rings (SSSR count). The lowest BCUT2D eigenvalue weighted by Gasteiger charge is -2.39. The molecule has 1 fully saturated rings. The average molecular weight is 447 g/mol. The van der Waals surface area contributed by atoms with E-state index in [0.717, 1.165) is 44.2 Å². The van der Waals surface area contributed by atoms with E-state index in [1.54, 1.807) is 0 Å². The van der Waals surface area contributed by atoms with Crippen LogP contribution in [0.1, 0.15) is 17.2 Å². The third-order valence-electron chi connectivity index (χ3n) is 5.71. The number of benzene rings is 2. The summed E-state index contributed by atoms with van der Waals surface area (Å²) in [5.41, 5.74) is 2.72. The van der Waals surface area contributed by atoms with Crippen LogP contribution >= 0.6 is 23.4 Å². The number of carbonyl (C=O) groups excluding carboxylic acids is 1. The van der Waals surface area contributed by atoms with E-state index < -0.39 is 0 Å². The van der Waals surface area contributed by atoms with Gasteiger partial charge in [-0.1, -0.05) is 41.6 Å². The minimum absolute atomic E-state index is 0.0123. The van der Waals surface area contributed by atoms with Crippen molar-refractivity contribution in [3.8, 4) is 0 Å². The molecule has 0 bridgehead atoms. The third kappa shape index (κ3) is 5.18. The van der Waals surface area contributed by atoms with E-state index in [2.05, 4.69) is 46.2 Å². The molecule has 1 atom stereocenters. The van der Waals surface area contributed by atoms with E-state index in [9.17, 15) is 4.79 Å². The normalized spacial score (nSPS) is 19.6. The van der Waals surface area contributed by atoms with Crippen LogP contribution in [-0.2, 0) is 20.7 Å². The molecule has 2 aromatic rings. The van der Waals surface area contributed by atoms with Crippen molar-refractivity contribution >= 4 is 29.3 Å². The maximum Gasteiger partial charge on any atom is 0.332 e. The van der Waals surface area contributed by atoms with E-state index >= 15 is 0 Å². The van der Waals surface area contributed by atoms with Gasteiger partial charge in [-0.2, -0.15) is 0 Å². The smallest absolute Gasteiger partial charge is 0.332 e. The second-order valence-corrected chi connectivity index (χ2v) is 9.16. The zero-order valence-electron chi connectivity index (χ0n) is 17.2. The van der Waals surface area contributed by atoms with Crippen molar-refractivity contribution in [2.24, 2.45) is 0 Å². The Kier molecular flexibility index (Phi) is 7.33. The Morgan fingerprint density at radius 2 is 1.93 bits per heavy atom. The molecule has 0 aliphatic carbocycles.